The molecule has 102 valence electrons. The minimum absolute atomic E-state index is 0.692. The number of benzene rings is 1. The summed E-state index contributed by atoms with van der Waals surface area (Å²) in [4.78, 5) is 11.8. The normalized spacial score (nSPS) is 11.2. The number of imidazole rings is 1. The number of aromatic nitrogens is 4. The van der Waals surface area contributed by atoms with Gasteiger partial charge in [-0.25, -0.2) is 0 Å². The molecule has 0 aliphatic rings. The summed E-state index contributed by atoms with van der Waals surface area (Å²) in [5.41, 5.74) is 4.19. The SMILES string of the molecule is S=c1[nH]c2cnccc2n1Cc1cccc2cccnc12. The largest absolute Gasteiger partial charge is 0.329 e. The van der Waals surface area contributed by atoms with E-state index in [1.165, 1.54) is 0 Å². The van der Waals surface area contributed by atoms with Crippen LogP contribution in [0.2, 0.25) is 0 Å². The fourth-order valence-corrected chi connectivity index (χ4v) is 2.91. The van der Waals surface area contributed by atoms with E-state index in [-0.39, 0.29) is 0 Å². The lowest BCUT2D eigenvalue weighted by atomic mass is 10.1. The van der Waals surface area contributed by atoms with Gasteiger partial charge in [-0.15, -0.1) is 0 Å². The van der Waals surface area contributed by atoms with E-state index < -0.39 is 0 Å². The van der Waals surface area contributed by atoms with Crippen LogP contribution < -0.4 is 0 Å². The third kappa shape index (κ3) is 2.02. The summed E-state index contributed by atoms with van der Waals surface area (Å²) in [5, 5.41) is 1.14. The van der Waals surface area contributed by atoms with Crippen molar-refractivity contribution in [2.24, 2.45) is 0 Å². The van der Waals surface area contributed by atoms with Gasteiger partial charge in [0.15, 0.2) is 4.77 Å². The maximum Gasteiger partial charge on any atom is 0.178 e. The predicted octanol–water partition coefficient (Wildman–Crippen LogP) is 3.69. The Morgan fingerprint density at radius 3 is 2.95 bits per heavy atom. The van der Waals surface area contributed by atoms with E-state index in [0.29, 0.717) is 11.3 Å². The Morgan fingerprint density at radius 2 is 2.00 bits per heavy atom. The molecule has 0 radical (unpaired) electrons. The number of para-hydroxylation sites is 1. The number of fused-ring (bicyclic) bond motifs is 2. The Bertz CT molecular complexity index is 994. The second-order valence-electron chi connectivity index (χ2n) is 4.90. The smallest absolute Gasteiger partial charge is 0.178 e. The number of H-pyrrole nitrogens is 1. The molecule has 0 saturated carbocycles. The molecule has 0 bridgehead atoms. The van der Waals surface area contributed by atoms with E-state index in [1.54, 1.807) is 12.4 Å². The van der Waals surface area contributed by atoms with Gasteiger partial charge in [-0.2, -0.15) is 0 Å². The molecule has 3 aromatic heterocycles. The Kier molecular flexibility index (Phi) is 2.79. The van der Waals surface area contributed by atoms with Crippen LogP contribution in [0.5, 0.6) is 0 Å². The highest BCUT2D eigenvalue weighted by molar-refractivity contribution is 7.71. The minimum atomic E-state index is 0.692. The standard InChI is InChI=1S/C16H12N4S/c21-16-19-13-9-17-8-6-14(13)20(16)10-12-4-1-3-11-5-2-7-18-15(11)12/h1-9H,10H2,(H,19,21). The summed E-state index contributed by atoms with van der Waals surface area (Å²) in [5.74, 6) is 0. The van der Waals surface area contributed by atoms with Crippen molar-refractivity contribution in [2.45, 2.75) is 6.54 Å². The van der Waals surface area contributed by atoms with E-state index in [4.69, 9.17) is 12.2 Å². The third-order valence-corrected chi connectivity index (χ3v) is 3.94. The molecule has 3 heterocycles. The predicted molar refractivity (Wildman–Crippen MR) is 85.8 cm³/mol. The van der Waals surface area contributed by atoms with Gasteiger partial charge in [0, 0.05) is 17.8 Å². The van der Waals surface area contributed by atoms with Crippen LogP contribution in [0, 0.1) is 4.77 Å². The average Bonchev–Trinajstić information content (AvgIpc) is 2.84. The number of nitrogens with one attached hydrogen (secondary N) is 1. The Labute approximate surface area is 126 Å². The summed E-state index contributed by atoms with van der Waals surface area (Å²) >= 11 is 5.43. The molecule has 0 aliphatic carbocycles. The van der Waals surface area contributed by atoms with Crippen molar-refractivity contribution in [1.29, 1.82) is 0 Å². The minimum Gasteiger partial charge on any atom is -0.329 e. The maximum atomic E-state index is 5.43. The van der Waals surface area contributed by atoms with E-state index in [9.17, 15) is 0 Å². The van der Waals surface area contributed by atoms with Crippen molar-refractivity contribution in [3.8, 4) is 0 Å². The fraction of sp³-hybridized carbons (Fsp3) is 0.0625. The van der Waals surface area contributed by atoms with Crippen molar-refractivity contribution >= 4 is 34.2 Å². The van der Waals surface area contributed by atoms with Crippen LogP contribution in [0.25, 0.3) is 21.9 Å². The first-order valence-electron chi connectivity index (χ1n) is 6.68. The molecule has 0 saturated heterocycles. The summed E-state index contributed by atoms with van der Waals surface area (Å²) in [7, 11) is 0. The molecular formula is C16H12N4S. The van der Waals surface area contributed by atoms with Crippen LogP contribution in [0.1, 0.15) is 5.56 Å². The topological polar surface area (TPSA) is 46.5 Å². The van der Waals surface area contributed by atoms with Gasteiger partial charge in [0.1, 0.15) is 0 Å². The van der Waals surface area contributed by atoms with Crippen LogP contribution in [0.15, 0.2) is 55.0 Å². The van der Waals surface area contributed by atoms with Gasteiger partial charge < -0.3 is 9.55 Å². The van der Waals surface area contributed by atoms with Gasteiger partial charge in [-0.1, -0.05) is 24.3 Å². The molecule has 1 N–H and O–H groups in total. The number of pyridine rings is 2. The number of rotatable bonds is 2. The van der Waals surface area contributed by atoms with Crippen LogP contribution in [-0.2, 0) is 6.54 Å². The Hall–Kier alpha value is -2.53. The highest BCUT2D eigenvalue weighted by Gasteiger charge is 2.07. The van der Waals surface area contributed by atoms with Crippen LogP contribution in [0.3, 0.4) is 0 Å². The molecule has 1 aromatic carbocycles. The quantitative estimate of drug-likeness (QED) is 0.573. The van der Waals surface area contributed by atoms with Crippen molar-refractivity contribution in [3.63, 3.8) is 0 Å². The van der Waals surface area contributed by atoms with Gasteiger partial charge in [0.25, 0.3) is 0 Å². The van der Waals surface area contributed by atoms with E-state index >= 15 is 0 Å². The first-order valence-corrected chi connectivity index (χ1v) is 7.09. The lowest BCUT2D eigenvalue weighted by Gasteiger charge is -2.07. The average molecular weight is 292 g/mol. The van der Waals surface area contributed by atoms with Gasteiger partial charge in [0.2, 0.25) is 0 Å². The molecule has 0 unspecified atom stereocenters. The summed E-state index contributed by atoms with van der Waals surface area (Å²) < 4.78 is 2.78. The second-order valence-corrected chi connectivity index (χ2v) is 5.29. The monoisotopic (exact) mass is 292 g/mol. The van der Waals surface area contributed by atoms with Gasteiger partial charge in [0.05, 0.1) is 29.3 Å². The number of hydrogen-bond donors (Lipinski definition) is 1. The van der Waals surface area contributed by atoms with E-state index in [0.717, 1.165) is 27.5 Å². The highest BCUT2D eigenvalue weighted by atomic mass is 32.1. The zero-order valence-corrected chi connectivity index (χ0v) is 12.0. The van der Waals surface area contributed by atoms with Gasteiger partial charge in [-0.05, 0) is 29.9 Å². The molecule has 0 amide bonds. The lowest BCUT2D eigenvalue weighted by molar-refractivity contribution is 0.814. The molecule has 4 nitrogen and oxygen atoms in total. The van der Waals surface area contributed by atoms with Crippen molar-refractivity contribution in [1.82, 2.24) is 19.5 Å². The molecular weight excluding hydrogens is 280 g/mol. The van der Waals surface area contributed by atoms with Crippen molar-refractivity contribution in [2.75, 3.05) is 0 Å². The molecule has 4 aromatic rings. The summed E-state index contributed by atoms with van der Waals surface area (Å²) in [6.07, 6.45) is 5.40. The molecule has 21 heavy (non-hydrogen) atoms. The molecule has 5 heteroatoms. The molecule has 0 atom stereocenters. The maximum absolute atomic E-state index is 5.43. The van der Waals surface area contributed by atoms with Gasteiger partial charge in [-0.3, -0.25) is 9.97 Å². The number of hydrogen-bond acceptors (Lipinski definition) is 3. The van der Waals surface area contributed by atoms with E-state index in [2.05, 4.69) is 43.8 Å². The van der Waals surface area contributed by atoms with Gasteiger partial charge >= 0.3 is 0 Å². The fourth-order valence-electron chi connectivity index (χ4n) is 2.63. The number of nitrogens with zero attached hydrogens (tertiary/aromatic N) is 3. The Morgan fingerprint density at radius 1 is 1.10 bits per heavy atom. The molecule has 0 spiro atoms. The first kappa shape index (κ1) is 12.2. The highest BCUT2D eigenvalue weighted by Crippen LogP contribution is 2.20. The molecule has 0 aliphatic heterocycles. The zero-order valence-electron chi connectivity index (χ0n) is 11.2. The molecule has 4 rings (SSSR count). The summed E-state index contributed by atoms with van der Waals surface area (Å²) in [6.45, 7) is 0.692. The first-order chi connectivity index (χ1) is 10.3. The number of aromatic amines is 1. The second kappa shape index (κ2) is 4.79. The lowest BCUT2D eigenvalue weighted by Crippen LogP contribution is -2.01. The third-order valence-electron chi connectivity index (χ3n) is 3.62. The van der Waals surface area contributed by atoms with Crippen LogP contribution >= 0.6 is 12.2 Å². The summed E-state index contributed by atoms with van der Waals surface area (Å²) in [6, 6.07) is 12.2. The van der Waals surface area contributed by atoms with Crippen molar-refractivity contribution in [3.05, 3.63) is 65.3 Å². The van der Waals surface area contributed by atoms with Crippen LogP contribution in [-0.4, -0.2) is 19.5 Å². The zero-order chi connectivity index (χ0) is 14.2. The van der Waals surface area contributed by atoms with Crippen molar-refractivity contribution < 1.29 is 0 Å². The molecule has 0 fully saturated rings. The Balaban J connectivity index is 1.91. The van der Waals surface area contributed by atoms with Crippen LogP contribution in [0.4, 0.5) is 0 Å². The van der Waals surface area contributed by atoms with E-state index in [1.807, 2.05) is 18.3 Å².